The normalized spacial score (nSPS) is 19.7. The molecule has 258 valence electrons. The van der Waals surface area contributed by atoms with Gasteiger partial charge in [-0.15, -0.1) is 0 Å². The van der Waals surface area contributed by atoms with E-state index in [1.54, 1.807) is 45.8 Å². The monoisotopic (exact) mass is 808 g/mol. The van der Waals surface area contributed by atoms with Gasteiger partial charge < -0.3 is 9.47 Å². The van der Waals surface area contributed by atoms with Gasteiger partial charge in [0, 0.05) is 17.3 Å². The number of halogens is 2. The molecule has 2 fully saturated rings. The lowest BCUT2D eigenvalue weighted by atomic mass is 10.1. The lowest BCUT2D eigenvalue weighted by molar-refractivity contribution is -0.149. The van der Waals surface area contributed by atoms with E-state index in [4.69, 9.17) is 14.5 Å². The third-order valence-corrected chi connectivity index (χ3v) is 9.40. The number of allylic oxidation sites excluding steroid dienone is 1. The molecule has 0 radical (unpaired) electrons. The van der Waals surface area contributed by atoms with Crippen molar-refractivity contribution in [1.82, 2.24) is 4.90 Å². The number of hydrogen-bond donors (Lipinski definition) is 0. The number of thioether (sulfide) groups is 1. The standard InChI is InChI=1S/C22H19Br2NO3.C16H23N3OS/c1-22(2)17(12-19(23)24)20(22)21(26)28-18(13-25)14-7-6-10-16(11-14)27-15-8-4-3-5-9-15;1-12(2)19-14(17-16(3,4)5)21-11-18(15(19)20)13-9-7-6-8-10-13/h3-12,17-18,20H,1-2H3;6-10,12H,11H2,1-5H3/t17-,18+,20-;/m0./s1. The number of esters is 1. The molecular weight excluding hydrogens is 768 g/mol. The molecule has 3 aromatic rings. The van der Waals surface area contributed by atoms with Gasteiger partial charge in [-0.3, -0.25) is 19.6 Å². The number of anilines is 1. The largest absolute Gasteiger partial charge is 0.457 e. The summed E-state index contributed by atoms with van der Waals surface area (Å²) in [7, 11) is 0. The summed E-state index contributed by atoms with van der Waals surface area (Å²) >= 11 is 8.29. The molecule has 5 rings (SSSR count). The van der Waals surface area contributed by atoms with Crippen molar-refractivity contribution >= 4 is 66.5 Å². The molecule has 2 amide bonds. The smallest absolute Gasteiger partial charge is 0.331 e. The Morgan fingerprint density at radius 2 is 1.63 bits per heavy atom. The third-order valence-electron chi connectivity index (χ3n) is 7.94. The van der Waals surface area contributed by atoms with E-state index in [2.05, 4.69) is 37.9 Å². The van der Waals surface area contributed by atoms with Crippen LogP contribution in [0.3, 0.4) is 0 Å². The maximum atomic E-state index is 12.8. The number of aliphatic imine (C=N–C) groups is 1. The van der Waals surface area contributed by atoms with Crippen LogP contribution in [0.1, 0.15) is 60.1 Å². The van der Waals surface area contributed by atoms with Gasteiger partial charge in [-0.2, -0.15) is 5.26 Å². The molecule has 1 saturated carbocycles. The zero-order chi connectivity index (χ0) is 35.9. The van der Waals surface area contributed by atoms with Crippen LogP contribution < -0.4 is 9.64 Å². The first kappa shape index (κ1) is 38.2. The van der Waals surface area contributed by atoms with E-state index in [9.17, 15) is 14.9 Å². The van der Waals surface area contributed by atoms with Gasteiger partial charge in [0.05, 0.1) is 20.7 Å². The van der Waals surface area contributed by atoms with Crippen molar-refractivity contribution in [1.29, 1.82) is 5.26 Å². The number of urea groups is 1. The minimum absolute atomic E-state index is 0.00190. The summed E-state index contributed by atoms with van der Waals surface area (Å²) in [5, 5.41) is 10.4. The highest BCUT2D eigenvalue weighted by atomic mass is 79.9. The molecule has 11 heteroatoms. The van der Waals surface area contributed by atoms with Gasteiger partial charge in [-0.05, 0) is 114 Å². The van der Waals surface area contributed by atoms with Gasteiger partial charge in [0.15, 0.2) is 5.17 Å². The first-order valence-electron chi connectivity index (χ1n) is 16.0. The lowest BCUT2D eigenvalue weighted by Crippen LogP contribution is -2.53. The zero-order valence-electron chi connectivity index (χ0n) is 28.8. The Kier molecular flexibility index (Phi) is 12.8. The van der Waals surface area contributed by atoms with Crippen LogP contribution >= 0.6 is 43.6 Å². The fraction of sp³-hybridized carbons (Fsp3) is 0.368. The second-order valence-corrected chi connectivity index (χ2v) is 17.2. The molecule has 1 saturated heterocycles. The van der Waals surface area contributed by atoms with Gasteiger partial charge in [0.2, 0.25) is 6.10 Å². The maximum Gasteiger partial charge on any atom is 0.331 e. The van der Waals surface area contributed by atoms with Crippen LogP contribution in [0.15, 0.2) is 99.4 Å². The summed E-state index contributed by atoms with van der Waals surface area (Å²) in [4.78, 5) is 33.8. The molecule has 0 bridgehead atoms. The van der Waals surface area contributed by atoms with Crippen LogP contribution in [0.4, 0.5) is 10.5 Å². The molecule has 2 aliphatic rings. The van der Waals surface area contributed by atoms with E-state index in [0.717, 1.165) is 14.2 Å². The number of para-hydroxylation sites is 2. The SMILES string of the molecule is CC(C)N1C(=O)N(c2ccccc2)CSC1=NC(C)(C)C.CC1(C)[C@H](C(=O)O[C@H](C#N)c2cccc(Oc3ccccc3)c2)[C@@H]1C=C(Br)Br. The van der Waals surface area contributed by atoms with Crippen LogP contribution in [0.2, 0.25) is 0 Å². The number of nitrogens with zero attached hydrogens (tertiary/aromatic N) is 4. The topological polar surface area (TPSA) is 95.2 Å². The molecule has 1 aliphatic carbocycles. The number of carbonyl (C=O) groups is 2. The van der Waals surface area contributed by atoms with E-state index in [0.29, 0.717) is 22.9 Å². The van der Waals surface area contributed by atoms with Crippen LogP contribution in [-0.2, 0) is 9.53 Å². The second kappa shape index (κ2) is 16.4. The molecule has 0 aromatic heterocycles. The Hall–Kier alpha value is -3.59. The molecular formula is C38H42Br2N4O4S. The summed E-state index contributed by atoms with van der Waals surface area (Å²) in [6, 6.07) is 28.3. The summed E-state index contributed by atoms with van der Waals surface area (Å²) < 4.78 is 12.2. The van der Waals surface area contributed by atoms with Crippen molar-refractivity contribution in [2.75, 3.05) is 10.8 Å². The fourth-order valence-electron chi connectivity index (χ4n) is 5.37. The van der Waals surface area contributed by atoms with Crippen molar-refractivity contribution in [3.8, 4) is 17.6 Å². The predicted molar refractivity (Wildman–Crippen MR) is 205 cm³/mol. The van der Waals surface area contributed by atoms with E-state index in [1.165, 1.54) is 0 Å². The highest BCUT2D eigenvalue weighted by molar-refractivity contribution is 9.28. The van der Waals surface area contributed by atoms with E-state index >= 15 is 0 Å². The molecule has 3 aromatic carbocycles. The molecule has 8 nitrogen and oxygen atoms in total. The summed E-state index contributed by atoms with van der Waals surface area (Å²) in [6.07, 6.45) is 0.960. The van der Waals surface area contributed by atoms with E-state index < -0.39 is 6.10 Å². The molecule has 1 heterocycles. The van der Waals surface area contributed by atoms with Crippen molar-refractivity contribution in [2.24, 2.45) is 22.2 Å². The lowest BCUT2D eigenvalue weighted by Gasteiger charge is -2.38. The Balaban J connectivity index is 0.000000230. The zero-order valence-corrected chi connectivity index (χ0v) is 32.8. The third kappa shape index (κ3) is 10.2. The number of amidine groups is 1. The van der Waals surface area contributed by atoms with E-state index in [-0.39, 0.29) is 40.8 Å². The summed E-state index contributed by atoms with van der Waals surface area (Å²) in [5.74, 6) is 1.28. The minimum Gasteiger partial charge on any atom is -0.457 e. The van der Waals surface area contributed by atoms with Crippen molar-refractivity contribution < 1.29 is 19.1 Å². The predicted octanol–water partition coefficient (Wildman–Crippen LogP) is 10.7. The fourth-order valence-corrected chi connectivity index (χ4v) is 7.21. The number of benzene rings is 3. The van der Waals surface area contributed by atoms with Crippen LogP contribution in [0, 0.1) is 28.6 Å². The van der Waals surface area contributed by atoms with Crippen LogP contribution in [0.5, 0.6) is 11.5 Å². The van der Waals surface area contributed by atoms with Gasteiger partial charge in [0.1, 0.15) is 17.6 Å². The average Bonchev–Trinajstić information content (AvgIpc) is 3.58. The number of amides is 2. The van der Waals surface area contributed by atoms with Gasteiger partial charge in [-0.25, -0.2) is 4.79 Å². The van der Waals surface area contributed by atoms with E-state index in [1.807, 2.05) is 115 Å². The number of nitriles is 1. The highest BCUT2D eigenvalue weighted by Gasteiger charge is 2.61. The quantitative estimate of drug-likeness (QED) is 0.210. The van der Waals surface area contributed by atoms with Crippen molar-refractivity contribution in [2.45, 2.75) is 66.2 Å². The Labute approximate surface area is 310 Å². The Bertz CT molecular complexity index is 1710. The maximum absolute atomic E-state index is 12.8. The summed E-state index contributed by atoms with van der Waals surface area (Å²) in [6.45, 7) is 14.2. The molecule has 0 N–H and O–H groups in total. The molecule has 49 heavy (non-hydrogen) atoms. The van der Waals surface area contributed by atoms with Crippen LogP contribution in [0.25, 0.3) is 0 Å². The number of carbonyl (C=O) groups excluding carboxylic acids is 2. The minimum atomic E-state index is -0.986. The molecule has 0 unspecified atom stereocenters. The number of ether oxygens (including phenoxy) is 2. The summed E-state index contributed by atoms with van der Waals surface area (Å²) in [5.41, 5.74) is 1.11. The Morgan fingerprint density at radius 1 is 1.02 bits per heavy atom. The molecule has 3 atom stereocenters. The molecule has 0 spiro atoms. The van der Waals surface area contributed by atoms with Gasteiger partial charge in [0.25, 0.3) is 0 Å². The van der Waals surface area contributed by atoms with Crippen molar-refractivity contribution in [3.63, 3.8) is 0 Å². The second-order valence-electron chi connectivity index (χ2n) is 13.6. The molecule has 1 aliphatic heterocycles. The highest BCUT2D eigenvalue weighted by Crippen LogP contribution is 2.60. The first-order chi connectivity index (χ1) is 23.1. The number of rotatable bonds is 8. The average molecular weight is 811 g/mol. The van der Waals surface area contributed by atoms with Gasteiger partial charge in [-0.1, -0.05) is 80.2 Å². The van der Waals surface area contributed by atoms with Gasteiger partial charge >= 0.3 is 12.0 Å². The Morgan fingerprint density at radius 3 is 2.20 bits per heavy atom. The van der Waals surface area contributed by atoms with Crippen molar-refractivity contribution in [3.05, 3.63) is 100.0 Å². The van der Waals surface area contributed by atoms with Crippen LogP contribution in [-0.4, -0.2) is 39.5 Å². The number of hydrogen-bond acceptors (Lipinski definition) is 7. The first-order valence-corrected chi connectivity index (χ1v) is 18.5.